The predicted octanol–water partition coefficient (Wildman–Crippen LogP) is 7.06. The number of rotatable bonds is 8. The number of fused-ring (bicyclic) bond motifs is 1. The summed E-state index contributed by atoms with van der Waals surface area (Å²) in [4.78, 5) is 17.5. The minimum Gasteiger partial charge on any atom is -0.457 e. The van der Waals surface area contributed by atoms with Crippen molar-refractivity contribution in [3.8, 4) is 17.2 Å². The topological polar surface area (TPSA) is 52.8 Å². The molecule has 0 aliphatic carbocycles. The van der Waals surface area contributed by atoms with Gasteiger partial charge in [0.25, 0.3) is 0 Å². The number of hydrogen-bond donors (Lipinski definition) is 0. The largest absolute Gasteiger partial charge is 0.573 e. The van der Waals surface area contributed by atoms with Crippen molar-refractivity contribution in [1.82, 2.24) is 9.38 Å². The molecule has 0 saturated heterocycles. The van der Waals surface area contributed by atoms with Crippen molar-refractivity contribution in [3.63, 3.8) is 0 Å². The first-order valence-corrected chi connectivity index (χ1v) is 10.9. The summed E-state index contributed by atoms with van der Waals surface area (Å²) in [5.74, 6) is 0.549. The van der Waals surface area contributed by atoms with Gasteiger partial charge in [0.05, 0.1) is 10.7 Å². The van der Waals surface area contributed by atoms with Crippen LogP contribution >= 0.6 is 11.6 Å². The van der Waals surface area contributed by atoms with Gasteiger partial charge in [-0.15, -0.1) is 13.2 Å². The zero-order valence-electron chi connectivity index (χ0n) is 18.1. The smallest absolute Gasteiger partial charge is 0.457 e. The maximum absolute atomic E-state index is 13.0. The summed E-state index contributed by atoms with van der Waals surface area (Å²) in [6.45, 7) is 1.95. The van der Waals surface area contributed by atoms with Crippen LogP contribution in [0.5, 0.6) is 17.2 Å². The van der Waals surface area contributed by atoms with Crippen molar-refractivity contribution in [1.29, 1.82) is 0 Å². The number of Topliss-reactive ketones (excluding diaryl/α,β-unsaturated/α-hetero) is 1. The van der Waals surface area contributed by atoms with Crippen LogP contribution in [0.3, 0.4) is 0 Å². The second kappa shape index (κ2) is 9.77. The first kappa shape index (κ1) is 23.6. The van der Waals surface area contributed by atoms with Crippen LogP contribution in [0, 0.1) is 0 Å². The Morgan fingerprint density at radius 2 is 1.59 bits per heavy atom. The zero-order valence-corrected chi connectivity index (χ0v) is 18.9. The van der Waals surface area contributed by atoms with E-state index in [1.807, 2.05) is 19.1 Å². The van der Waals surface area contributed by atoms with Gasteiger partial charge in [-0.2, -0.15) is 0 Å². The molecule has 0 aliphatic heterocycles. The van der Waals surface area contributed by atoms with Gasteiger partial charge in [-0.3, -0.25) is 9.20 Å². The van der Waals surface area contributed by atoms with E-state index in [9.17, 15) is 18.0 Å². The lowest BCUT2D eigenvalue weighted by molar-refractivity contribution is -0.274. The Hall–Kier alpha value is -3.52. The van der Waals surface area contributed by atoms with Gasteiger partial charge in [0.15, 0.2) is 5.78 Å². The standard InChI is InChI=1S/C25H20ClF3N2O3/c1-2-21-24(31-15-17(26)6-14-23(31)30-21)22(32)13-5-16-3-7-18(8-4-16)33-19-9-11-20(12-10-19)34-25(27,28)29/h3-4,6-12,14-15H,2,5,13H2,1H3. The second-order valence-electron chi connectivity index (χ2n) is 7.52. The lowest BCUT2D eigenvalue weighted by Crippen LogP contribution is -2.16. The van der Waals surface area contributed by atoms with E-state index in [0.717, 1.165) is 11.3 Å². The van der Waals surface area contributed by atoms with Crippen LogP contribution in [-0.2, 0) is 12.8 Å². The molecule has 2 aromatic carbocycles. The maximum Gasteiger partial charge on any atom is 0.573 e. The van der Waals surface area contributed by atoms with Gasteiger partial charge >= 0.3 is 6.36 Å². The lowest BCUT2D eigenvalue weighted by Gasteiger charge is -2.10. The summed E-state index contributed by atoms with van der Waals surface area (Å²) in [7, 11) is 0. The number of imidazole rings is 1. The lowest BCUT2D eigenvalue weighted by atomic mass is 10.0. The molecule has 4 rings (SSSR count). The number of carbonyl (C=O) groups excluding carboxylic acids is 1. The summed E-state index contributed by atoms with van der Waals surface area (Å²) in [5.41, 5.74) is 2.92. The van der Waals surface area contributed by atoms with Crippen molar-refractivity contribution in [2.24, 2.45) is 0 Å². The van der Waals surface area contributed by atoms with Gasteiger partial charge < -0.3 is 9.47 Å². The van der Waals surface area contributed by atoms with Gasteiger partial charge in [-0.25, -0.2) is 4.98 Å². The van der Waals surface area contributed by atoms with Crippen LogP contribution in [0.1, 0.15) is 35.1 Å². The van der Waals surface area contributed by atoms with E-state index < -0.39 is 6.36 Å². The van der Waals surface area contributed by atoms with E-state index >= 15 is 0 Å². The molecule has 0 atom stereocenters. The van der Waals surface area contributed by atoms with Crippen LogP contribution in [0.2, 0.25) is 5.02 Å². The van der Waals surface area contributed by atoms with E-state index in [-0.39, 0.29) is 11.5 Å². The van der Waals surface area contributed by atoms with E-state index in [0.29, 0.717) is 47.1 Å². The number of nitrogens with zero attached hydrogens (tertiary/aromatic N) is 2. The average molecular weight is 489 g/mol. The Morgan fingerprint density at radius 3 is 2.21 bits per heavy atom. The molecular weight excluding hydrogens is 469 g/mol. The molecule has 5 nitrogen and oxygen atoms in total. The number of hydrogen-bond acceptors (Lipinski definition) is 4. The zero-order chi connectivity index (χ0) is 24.3. The highest BCUT2D eigenvalue weighted by Crippen LogP contribution is 2.28. The summed E-state index contributed by atoms with van der Waals surface area (Å²) in [6.07, 6.45) is -1.58. The van der Waals surface area contributed by atoms with E-state index in [2.05, 4.69) is 9.72 Å². The number of pyridine rings is 1. The molecular formula is C25H20ClF3N2O3. The number of benzene rings is 2. The highest BCUT2D eigenvalue weighted by molar-refractivity contribution is 6.30. The SMILES string of the molecule is CCc1nc2ccc(Cl)cn2c1C(=O)CCc1ccc(Oc2ccc(OC(F)(F)F)cc2)cc1. The van der Waals surface area contributed by atoms with E-state index in [4.69, 9.17) is 16.3 Å². The molecule has 4 aromatic rings. The fraction of sp³-hybridized carbons (Fsp3) is 0.200. The predicted molar refractivity (Wildman–Crippen MR) is 122 cm³/mol. The molecule has 176 valence electrons. The molecule has 2 aromatic heterocycles. The summed E-state index contributed by atoms with van der Waals surface area (Å²) in [6, 6.07) is 15.8. The number of halogens is 4. The molecule has 0 fully saturated rings. The minimum atomic E-state index is -4.74. The summed E-state index contributed by atoms with van der Waals surface area (Å²) >= 11 is 6.10. The van der Waals surface area contributed by atoms with Crippen LogP contribution < -0.4 is 9.47 Å². The highest BCUT2D eigenvalue weighted by atomic mass is 35.5. The Bertz CT molecular complexity index is 1300. The van der Waals surface area contributed by atoms with Gasteiger partial charge in [0.2, 0.25) is 0 Å². The van der Waals surface area contributed by atoms with Gasteiger partial charge in [-0.05, 0) is 66.9 Å². The van der Waals surface area contributed by atoms with Crippen molar-refractivity contribution < 1.29 is 27.4 Å². The van der Waals surface area contributed by atoms with Crippen LogP contribution in [0.25, 0.3) is 5.65 Å². The molecule has 0 unspecified atom stereocenters. The van der Waals surface area contributed by atoms with Crippen LogP contribution in [-0.4, -0.2) is 21.5 Å². The van der Waals surface area contributed by atoms with Crippen molar-refractivity contribution >= 4 is 23.0 Å². The first-order valence-electron chi connectivity index (χ1n) is 10.5. The number of alkyl halides is 3. The fourth-order valence-electron chi connectivity index (χ4n) is 3.56. The van der Waals surface area contributed by atoms with Crippen LogP contribution in [0.4, 0.5) is 13.2 Å². The van der Waals surface area contributed by atoms with E-state index in [1.54, 1.807) is 34.9 Å². The molecule has 9 heteroatoms. The Morgan fingerprint density at radius 1 is 0.971 bits per heavy atom. The highest BCUT2D eigenvalue weighted by Gasteiger charge is 2.31. The Kier molecular flexibility index (Phi) is 6.79. The molecule has 0 spiro atoms. The molecule has 34 heavy (non-hydrogen) atoms. The average Bonchev–Trinajstić information content (AvgIpc) is 3.16. The van der Waals surface area contributed by atoms with Gasteiger partial charge in [0.1, 0.15) is 28.6 Å². The van der Waals surface area contributed by atoms with Crippen LogP contribution in [0.15, 0.2) is 66.9 Å². The third-order valence-corrected chi connectivity index (χ3v) is 5.33. The third kappa shape index (κ3) is 5.69. The Labute approximate surface area is 198 Å². The molecule has 2 heterocycles. The molecule has 0 saturated carbocycles. The number of ketones is 1. The normalized spacial score (nSPS) is 11.6. The number of aryl methyl sites for hydroxylation is 2. The quantitative estimate of drug-likeness (QED) is 0.249. The summed E-state index contributed by atoms with van der Waals surface area (Å²) < 4.78 is 48.0. The number of carbonyl (C=O) groups is 1. The minimum absolute atomic E-state index is 0.0203. The molecule has 0 bridgehead atoms. The molecule has 0 radical (unpaired) electrons. The maximum atomic E-state index is 13.0. The van der Waals surface area contributed by atoms with Gasteiger partial charge in [0, 0.05) is 12.6 Å². The number of aromatic nitrogens is 2. The summed E-state index contributed by atoms with van der Waals surface area (Å²) in [5, 5.41) is 0.528. The first-order chi connectivity index (χ1) is 16.2. The van der Waals surface area contributed by atoms with Crippen molar-refractivity contribution in [2.45, 2.75) is 32.5 Å². The van der Waals surface area contributed by atoms with Crippen molar-refractivity contribution in [3.05, 3.63) is 88.8 Å². The second-order valence-corrected chi connectivity index (χ2v) is 7.96. The van der Waals surface area contributed by atoms with E-state index in [1.165, 1.54) is 24.3 Å². The third-order valence-electron chi connectivity index (χ3n) is 5.11. The van der Waals surface area contributed by atoms with Gasteiger partial charge in [-0.1, -0.05) is 30.7 Å². The fourth-order valence-corrected chi connectivity index (χ4v) is 3.72. The molecule has 0 aliphatic rings. The number of ether oxygens (including phenoxy) is 2. The monoisotopic (exact) mass is 488 g/mol. The molecule has 0 N–H and O–H groups in total. The molecule has 0 amide bonds. The Balaban J connectivity index is 1.38. The van der Waals surface area contributed by atoms with Crippen molar-refractivity contribution in [2.75, 3.05) is 0 Å².